The Morgan fingerprint density at radius 2 is 2.15 bits per heavy atom. The maximum atomic E-state index is 12.5. The van der Waals surface area contributed by atoms with Crippen LogP contribution in [0, 0.1) is 10.1 Å². The summed E-state index contributed by atoms with van der Waals surface area (Å²) in [5, 5.41) is 11.4. The van der Waals surface area contributed by atoms with Crippen molar-refractivity contribution in [1.82, 2.24) is 4.98 Å². The smallest absolute Gasteiger partial charge is 0.288 e. The molecule has 2 aromatic carbocycles. The number of nitrogens with zero attached hydrogens (tertiary/aromatic N) is 3. The van der Waals surface area contributed by atoms with E-state index in [4.69, 9.17) is 16.3 Å². The molecule has 0 N–H and O–H groups in total. The second kappa shape index (κ2) is 6.99. The van der Waals surface area contributed by atoms with Gasteiger partial charge in [0.15, 0.2) is 5.13 Å². The van der Waals surface area contributed by atoms with Gasteiger partial charge < -0.3 is 4.74 Å². The number of rotatable bonds is 4. The molecule has 2 heterocycles. The highest BCUT2D eigenvalue weighted by molar-refractivity contribution is 8.00. The largest absolute Gasteiger partial charge is 0.497 e. The molecule has 4 rings (SSSR count). The molecule has 7 nitrogen and oxygen atoms in total. The van der Waals surface area contributed by atoms with Gasteiger partial charge in [0.1, 0.15) is 16.1 Å². The van der Waals surface area contributed by atoms with E-state index in [1.165, 1.54) is 35.2 Å². The van der Waals surface area contributed by atoms with Gasteiger partial charge in [0.05, 0.1) is 28.0 Å². The lowest BCUT2D eigenvalue weighted by Crippen LogP contribution is -2.27. The van der Waals surface area contributed by atoms with Gasteiger partial charge in [0.2, 0.25) is 5.91 Å². The van der Waals surface area contributed by atoms with Crippen molar-refractivity contribution in [2.24, 2.45) is 0 Å². The van der Waals surface area contributed by atoms with E-state index in [1.807, 2.05) is 18.2 Å². The van der Waals surface area contributed by atoms with Crippen molar-refractivity contribution < 1.29 is 14.5 Å². The number of hydrogen-bond acceptors (Lipinski definition) is 7. The number of ether oxygens (including phenoxy) is 1. The Morgan fingerprint density at radius 3 is 2.89 bits per heavy atom. The van der Waals surface area contributed by atoms with Crippen molar-refractivity contribution in [2.45, 2.75) is 5.37 Å². The lowest BCUT2D eigenvalue weighted by molar-refractivity contribution is -0.384. The van der Waals surface area contributed by atoms with E-state index >= 15 is 0 Å². The van der Waals surface area contributed by atoms with Gasteiger partial charge in [-0.1, -0.05) is 29.0 Å². The third kappa shape index (κ3) is 3.22. The van der Waals surface area contributed by atoms with Crippen LogP contribution >= 0.6 is 34.7 Å². The third-order valence-corrected chi connectivity index (χ3v) is 6.66. The number of fused-ring (bicyclic) bond motifs is 1. The zero-order valence-corrected chi connectivity index (χ0v) is 16.3. The zero-order valence-electron chi connectivity index (χ0n) is 13.9. The number of hydrogen-bond donors (Lipinski definition) is 0. The molecule has 0 saturated carbocycles. The highest BCUT2D eigenvalue weighted by atomic mass is 35.5. The number of methoxy groups -OCH3 is 1. The van der Waals surface area contributed by atoms with Crippen LogP contribution in [-0.2, 0) is 4.79 Å². The molecule has 138 valence electrons. The Balaban J connectivity index is 1.76. The van der Waals surface area contributed by atoms with Crippen LogP contribution < -0.4 is 9.64 Å². The fourth-order valence-corrected chi connectivity index (χ4v) is 5.26. The summed E-state index contributed by atoms with van der Waals surface area (Å²) in [6, 6.07) is 10.1. The number of carbonyl (C=O) groups excluding carboxylic acids is 1. The first-order valence-corrected chi connectivity index (χ1v) is 10.0. The van der Waals surface area contributed by atoms with Crippen molar-refractivity contribution in [1.29, 1.82) is 0 Å². The molecule has 1 fully saturated rings. The molecule has 1 aromatic heterocycles. The third-order valence-electron chi connectivity index (χ3n) is 4.11. The Bertz CT molecular complexity index is 1070. The van der Waals surface area contributed by atoms with Gasteiger partial charge in [0.25, 0.3) is 5.69 Å². The Kier molecular flexibility index (Phi) is 4.67. The highest BCUT2D eigenvalue weighted by Gasteiger charge is 2.37. The van der Waals surface area contributed by atoms with E-state index in [0.29, 0.717) is 16.4 Å². The van der Waals surface area contributed by atoms with Crippen LogP contribution in [0.1, 0.15) is 10.9 Å². The normalized spacial score (nSPS) is 16.9. The number of nitro benzene ring substituents is 1. The quantitative estimate of drug-likeness (QED) is 0.450. The Labute approximate surface area is 167 Å². The lowest BCUT2D eigenvalue weighted by Gasteiger charge is -2.21. The number of amides is 1. The number of halogens is 1. The second-order valence-electron chi connectivity index (χ2n) is 5.73. The summed E-state index contributed by atoms with van der Waals surface area (Å²) in [4.78, 5) is 29.4. The van der Waals surface area contributed by atoms with Gasteiger partial charge in [-0.15, -0.1) is 11.8 Å². The molecule has 0 radical (unpaired) electrons. The molecule has 27 heavy (non-hydrogen) atoms. The van der Waals surface area contributed by atoms with Crippen molar-refractivity contribution in [2.75, 3.05) is 17.8 Å². The van der Waals surface area contributed by atoms with Crippen LogP contribution in [-0.4, -0.2) is 28.7 Å². The van der Waals surface area contributed by atoms with Gasteiger partial charge in [-0.25, -0.2) is 4.98 Å². The molecular weight excluding hydrogens is 410 g/mol. The van der Waals surface area contributed by atoms with E-state index in [1.54, 1.807) is 18.1 Å². The van der Waals surface area contributed by atoms with Crippen molar-refractivity contribution in [3.63, 3.8) is 0 Å². The van der Waals surface area contributed by atoms with Crippen molar-refractivity contribution in [3.8, 4) is 5.75 Å². The Morgan fingerprint density at radius 1 is 1.33 bits per heavy atom. The molecule has 1 aliphatic heterocycles. The molecule has 1 atom stereocenters. The molecule has 1 saturated heterocycles. The van der Waals surface area contributed by atoms with Crippen LogP contribution in [0.4, 0.5) is 10.8 Å². The summed E-state index contributed by atoms with van der Waals surface area (Å²) in [7, 11) is 1.59. The second-order valence-corrected chi connectivity index (χ2v) is 8.21. The van der Waals surface area contributed by atoms with Crippen LogP contribution in [0.5, 0.6) is 5.75 Å². The first-order chi connectivity index (χ1) is 13.0. The van der Waals surface area contributed by atoms with Crippen LogP contribution in [0.25, 0.3) is 10.2 Å². The summed E-state index contributed by atoms with van der Waals surface area (Å²) < 4.78 is 6.13. The zero-order chi connectivity index (χ0) is 19.1. The Hall–Kier alpha value is -2.36. The molecule has 3 aromatic rings. The number of benzene rings is 2. The SMILES string of the molecule is COc1ccc2nc(N3C(=O)CS[C@@H]3c3ccc(Cl)c([N+](=O)[O-])c3)sc2c1. The van der Waals surface area contributed by atoms with Gasteiger partial charge in [-0.2, -0.15) is 0 Å². The van der Waals surface area contributed by atoms with Crippen molar-refractivity contribution >= 4 is 61.6 Å². The number of nitro groups is 1. The first-order valence-electron chi connectivity index (χ1n) is 7.80. The first kappa shape index (κ1) is 18.0. The number of anilines is 1. The molecule has 0 aliphatic carbocycles. The highest BCUT2D eigenvalue weighted by Crippen LogP contribution is 2.45. The average Bonchev–Trinajstić information content (AvgIpc) is 3.24. The summed E-state index contributed by atoms with van der Waals surface area (Å²) in [6.07, 6.45) is 0. The number of thiazole rings is 1. The van der Waals surface area contributed by atoms with E-state index in [9.17, 15) is 14.9 Å². The molecule has 10 heteroatoms. The molecule has 0 bridgehead atoms. The monoisotopic (exact) mass is 421 g/mol. The summed E-state index contributed by atoms with van der Waals surface area (Å²) >= 11 is 8.69. The number of carbonyl (C=O) groups is 1. The standard InChI is InChI=1S/C17H12ClN3O4S2/c1-25-10-3-5-12-14(7-10)27-17(19-12)20-15(22)8-26-16(20)9-2-4-11(18)13(6-9)21(23)24/h2-7,16H,8H2,1H3/t16-/m1/s1. The van der Waals surface area contributed by atoms with E-state index in [0.717, 1.165) is 10.2 Å². The fourth-order valence-electron chi connectivity index (χ4n) is 2.82. The molecule has 0 spiro atoms. The maximum Gasteiger partial charge on any atom is 0.288 e. The van der Waals surface area contributed by atoms with Crippen molar-refractivity contribution in [3.05, 3.63) is 57.1 Å². The average molecular weight is 422 g/mol. The number of thioether (sulfide) groups is 1. The van der Waals surface area contributed by atoms with Gasteiger partial charge in [0, 0.05) is 6.07 Å². The minimum atomic E-state index is -0.526. The molecule has 0 unspecified atom stereocenters. The van der Waals surface area contributed by atoms with Crippen LogP contribution in [0.15, 0.2) is 36.4 Å². The van der Waals surface area contributed by atoms with Gasteiger partial charge in [-0.05, 0) is 29.8 Å². The predicted octanol–water partition coefficient (Wildman–Crippen LogP) is 4.65. The fraction of sp³-hybridized carbons (Fsp3) is 0.176. The maximum absolute atomic E-state index is 12.5. The van der Waals surface area contributed by atoms with E-state index in [-0.39, 0.29) is 22.4 Å². The van der Waals surface area contributed by atoms with Gasteiger partial charge in [-0.3, -0.25) is 19.8 Å². The minimum Gasteiger partial charge on any atom is -0.497 e. The lowest BCUT2D eigenvalue weighted by atomic mass is 10.2. The van der Waals surface area contributed by atoms with Crippen LogP contribution in [0.2, 0.25) is 5.02 Å². The summed E-state index contributed by atoms with van der Waals surface area (Å²) in [6.45, 7) is 0. The summed E-state index contributed by atoms with van der Waals surface area (Å²) in [5.41, 5.74) is 1.23. The molecule has 1 amide bonds. The number of aromatic nitrogens is 1. The molecule has 1 aliphatic rings. The topological polar surface area (TPSA) is 85.6 Å². The van der Waals surface area contributed by atoms with Gasteiger partial charge >= 0.3 is 0 Å². The van der Waals surface area contributed by atoms with E-state index < -0.39 is 10.3 Å². The van der Waals surface area contributed by atoms with E-state index in [2.05, 4.69) is 4.98 Å². The summed E-state index contributed by atoms with van der Waals surface area (Å²) in [5.74, 6) is 0.902. The minimum absolute atomic E-state index is 0.0664. The molecular formula is C17H12ClN3O4S2. The predicted molar refractivity (Wildman–Crippen MR) is 107 cm³/mol. The van der Waals surface area contributed by atoms with Crippen LogP contribution in [0.3, 0.4) is 0 Å².